The van der Waals surface area contributed by atoms with Crippen LogP contribution < -0.4 is 11.1 Å². The number of carbonyl (C=O) groups excluding carboxylic acids is 1. The lowest BCUT2D eigenvalue weighted by molar-refractivity contribution is -0.122. The molecule has 94 valence electrons. The van der Waals surface area contributed by atoms with Gasteiger partial charge < -0.3 is 16.2 Å². The van der Waals surface area contributed by atoms with Crippen molar-refractivity contribution in [1.29, 1.82) is 0 Å². The van der Waals surface area contributed by atoms with E-state index >= 15 is 0 Å². The first-order chi connectivity index (χ1) is 7.56. The van der Waals surface area contributed by atoms with Gasteiger partial charge in [-0.3, -0.25) is 4.79 Å². The molecule has 16 heavy (non-hydrogen) atoms. The fourth-order valence-corrected chi connectivity index (χ4v) is 2.37. The molecule has 0 heterocycles. The molecule has 4 heteroatoms. The number of carbonyl (C=O) groups is 1. The van der Waals surface area contributed by atoms with E-state index in [2.05, 4.69) is 5.32 Å². The second kappa shape index (κ2) is 6.21. The average molecular weight is 228 g/mol. The van der Waals surface area contributed by atoms with Crippen LogP contribution in [0.4, 0.5) is 0 Å². The first kappa shape index (κ1) is 13.5. The van der Waals surface area contributed by atoms with Crippen molar-refractivity contribution in [3.63, 3.8) is 0 Å². The first-order valence-corrected chi connectivity index (χ1v) is 6.25. The Morgan fingerprint density at radius 1 is 1.50 bits per heavy atom. The maximum atomic E-state index is 11.7. The number of amides is 1. The highest BCUT2D eigenvalue weighted by atomic mass is 16.2. The van der Waals surface area contributed by atoms with Crippen molar-refractivity contribution in [2.24, 2.45) is 5.73 Å². The summed E-state index contributed by atoms with van der Waals surface area (Å²) < 4.78 is 0. The summed E-state index contributed by atoms with van der Waals surface area (Å²) in [7, 11) is 0. The van der Waals surface area contributed by atoms with Crippen molar-refractivity contribution in [2.45, 2.75) is 63.5 Å². The van der Waals surface area contributed by atoms with Crippen molar-refractivity contribution in [2.75, 3.05) is 6.61 Å². The number of aliphatic hydroxyl groups is 1. The van der Waals surface area contributed by atoms with Gasteiger partial charge in [0, 0.05) is 24.6 Å². The maximum absolute atomic E-state index is 11.7. The van der Waals surface area contributed by atoms with Gasteiger partial charge in [0.25, 0.3) is 0 Å². The van der Waals surface area contributed by atoms with Crippen LogP contribution in [0.15, 0.2) is 0 Å². The van der Waals surface area contributed by atoms with Crippen LogP contribution in [0.2, 0.25) is 0 Å². The summed E-state index contributed by atoms with van der Waals surface area (Å²) in [5, 5.41) is 11.6. The van der Waals surface area contributed by atoms with Crippen molar-refractivity contribution >= 4 is 5.91 Å². The molecule has 1 amide bonds. The Hall–Kier alpha value is -0.610. The van der Waals surface area contributed by atoms with E-state index in [-0.39, 0.29) is 24.1 Å². The van der Waals surface area contributed by atoms with Gasteiger partial charge in [-0.25, -0.2) is 0 Å². The van der Waals surface area contributed by atoms with Crippen LogP contribution in [0.25, 0.3) is 0 Å². The Labute approximate surface area is 97.6 Å². The SMILES string of the molecule is CC(CCCO)NC(=O)CC1(N)CCCC1. The standard InChI is InChI=1S/C12H24N2O2/c1-10(5-4-8-15)14-11(16)9-12(13)6-2-3-7-12/h10,15H,2-9,13H2,1H3,(H,14,16). The molecule has 0 bridgehead atoms. The summed E-state index contributed by atoms with van der Waals surface area (Å²) in [6.07, 6.45) is 6.20. The van der Waals surface area contributed by atoms with Gasteiger partial charge in [-0.15, -0.1) is 0 Å². The lowest BCUT2D eigenvalue weighted by atomic mass is 9.94. The highest BCUT2D eigenvalue weighted by Crippen LogP contribution is 2.29. The van der Waals surface area contributed by atoms with E-state index < -0.39 is 0 Å². The molecule has 1 aliphatic rings. The molecule has 4 N–H and O–H groups in total. The monoisotopic (exact) mass is 228 g/mol. The highest BCUT2D eigenvalue weighted by Gasteiger charge is 2.31. The molecule has 0 saturated heterocycles. The third-order valence-corrected chi connectivity index (χ3v) is 3.31. The molecule has 1 unspecified atom stereocenters. The van der Waals surface area contributed by atoms with E-state index in [1.165, 1.54) is 0 Å². The minimum absolute atomic E-state index is 0.0508. The van der Waals surface area contributed by atoms with Crippen molar-refractivity contribution in [3.05, 3.63) is 0 Å². The lowest BCUT2D eigenvalue weighted by Crippen LogP contribution is -2.44. The fraction of sp³-hybridized carbons (Fsp3) is 0.917. The van der Waals surface area contributed by atoms with E-state index in [4.69, 9.17) is 10.8 Å². The molecule has 1 fully saturated rings. The number of nitrogens with one attached hydrogen (secondary N) is 1. The van der Waals surface area contributed by atoms with Gasteiger partial charge >= 0.3 is 0 Å². The Balaban J connectivity index is 2.24. The van der Waals surface area contributed by atoms with Crippen LogP contribution in [0.5, 0.6) is 0 Å². The van der Waals surface area contributed by atoms with E-state index in [0.717, 1.165) is 38.5 Å². The van der Waals surface area contributed by atoms with Crippen LogP contribution in [0.1, 0.15) is 51.9 Å². The number of hydrogen-bond donors (Lipinski definition) is 3. The van der Waals surface area contributed by atoms with Gasteiger partial charge in [0.15, 0.2) is 0 Å². The van der Waals surface area contributed by atoms with Crippen LogP contribution in [0.3, 0.4) is 0 Å². The smallest absolute Gasteiger partial charge is 0.222 e. The number of nitrogens with two attached hydrogens (primary N) is 1. The Morgan fingerprint density at radius 3 is 2.69 bits per heavy atom. The molecule has 0 aromatic rings. The molecule has 0 aliphatic heterocycles. The summed E-state index contributed by atoms with van der Waals surface area (Å²) >= 11 is 0. The molecular weight excluding hydrogens is 204 g/mol. The predicted octanol–water partition coefficient (Wildman–Crippen LogP) is 0.925. The van der Waals surface area contributed by atoms with E-state index in [1.54, 1.807) is 0 Å². The fourth-order valence-electron chi connectivity index (χ4n) is 2.37. The summed E-state index contributed by atoms with van der Waals surface area (Å²) in [6, 6.07) is 0.129. The number of hydrogen-bond acceptors (Lipinski definition) is 3. The number of rotatable bonds is 6. The topological polar surface area (TPSA) is 75.3 Å². The van der Waals surface area contributed by atoms with Gasteiger partial charge in [0.05, 0.1) is 0 Å². The lowest BCUT2D eigenvalue weighted by Gasteiger charge is -2.24. The molecule has 1 rings (SSSR count). The van der Waals surface area contributed by atoms with E-state index in [0.29, 0.717) is 6.42 Å². The minimum atomic E-state index is -0.263. The number of aliphatic hydroxyl groups excluding tert-OH is 1. The molecule has 0 spiro atoms. The molecule has 1 atom stereocenters. The van der Waals surface area contributed by atoms with Gasteiger partial charge in [-0.05, 0) is 32.6 Å². The second-order valence-corrected chi connectivity index (χ2v) is 5.08. The molecular formula is C12H24N2O2. The van der Waals surface area contributed by atoms with Gasteiger partial charge in [-0.2, -0.15) is 0 Å². The van der Waals surface area contributed by atoms with Crippen LogP contribution in [-0.2, 0) is 4.79 Å². The molecule has 4 nitrogen and oxygen atoms in total. The van der Waals surface area contributed by atoms with Crippen molar-refractivity contribution < 1.29 is 9.90 Å². The zero-order chi connectivity index (χ0) is 12.0. The second-order valence-electron chi connectivity index (χ2n) is 5.08. The van der Waals surface area contributed by atoms with Gasteiger partial charge in [-0.1, -0.05) is 12.8 Å². The molecule has 0 aromatic heterocycles. The summed E-state index contributed by atoms with van der Waals surface area (Å²) in [4.78, 5) is 11.7. The molecule has 0 radical (unpaired) electrons. The van der Waals surface area contributed by atoms with Gasteiger partial charge in [0.2, 0.25) is 5.91 Å². The minimum Gasteiger partial charge on any atom is -0.396 e. The zero-order valence-corrected chi connectivity index (χ0v) is 10.2. The third-order valence-electron chi connectivity index (χ3n) is 3.31. The largest absolute Gasteiger partial charge is 0.396 e. The van der Waals surface area contributed by atoms with Crippen molar-refractivity contribution in [3.8, 4) is 0 Å². The normalized spacial score (nSPS) is 20.7. The Bertz CT molecular complexity index is 225. The quantitative estimate of drug-likeness (QED) is 0.633. The summed E-state index contributed by atoms with van der Waals surface area (Å²) in [6.45, 7) is 2.15. The maximum Gasteiger partial charge on any atom is 0.222 e. The molecule has 0 aromatic carbocycles. The van der Waals surface area contributed by atoms with Crippen LogP contribution >= 0.6 is 0 Å². The molecule has 1 saturated carbocycles. The Kier molecular flexibility index (Phi) is 5.22. The highest BCUT2D eigenvalue weighted by molar-refractivity contribution is 5.77. The first-order valence-electron chi connectivity index (χ1n) is 6.25. The van der Waals surface area contributed by atoms with E-state index in [9.17, 15) is 4.79 Å². The Morgan fingerprint density at radius 2 is 2.12 bits per heavy atom. The van der Waals surface area contributed by atoms with Crippen LogP contribution in [-0.4, -0.2) is 29.2 Å². The predicted molar refractivity (Wildman–Crippen MR) is 63.9 cm³/mol. The third kappa shape index (κ3) is 4.49. The zero-order valence-electron chi connectivity index (χ0n) is 10.2. The average Bonchev–Trinajstić information content (AvgIpc) is 2.61. The van der Waals surface area contributed by atoms with E-state index in [1.807, 2.05) is 6.92 Å². The summed E-state index contributed by atoms with van der Waals surface area (Å²) in [5.74, 6) is 0.0508. The molecule has 1 aliphatic carbocycles. The summed E-state index contributed by atoms with van der Waals surface area (Å²) in [5.41, 5.74) is 5.87. The van der Waals surface area contributed by atoms with Crippen molar-refractivity contribution in [1.82, 2.24) is 5.32 Å². The van der Waals surface area contributed by atoms with Crippen LogP contribution in [0, 0.1) is 0 Å². The van der Waals surface area contributed by atoms with Gasteiger partial charge in [0.1, 0.15) is 0 Å².